The maximum absolute atomic E-state index is 11.6. The van der Waals surface area contributed by atoms with E-state index in [-0.39, 0.29) is 5.91 Å². The average molecular weight is 381 g/mol. The van der Waals surface area contributed by atoms with E-state index < -0.39 is 0 Å². The molecule has 1 saturated heterocycles. The lowest BCUT2D eigenvalue weighted by Crippen LogP contribution is -2.55. The molecule has 0 spiro atoms. The van der Waals surface area contributed by atoms with Crippen LogP contribution >= 0.6 is 0 Å². The van der Waals surface area contributed by atoms with Crippen LogP contribution in [-0.4, -0.2) is 60.6 Å². The van der Waals surface area contributed by atoms with Crippen molar-refractivity contribution in [3.63, 3.8) is 0 Å². The first-order chi connectivity index (χ1) is 13.7. The molecule has 2 aromatic carbocycles. The first-order valence-electron chi connectivity index (χ1n) is 10.8. The van der Waals surface area contributed by atoms with Crippen LogP contribution in [0.3, 0.4) is 0 Å². The second-order valence-electron chi connectivity index (χ2n) is 8.23. The van der Waals surface area contributed by atoms with Crippen molar-refractivity contribution < 1.29 is 9.53 Å². The highest BCUT2D eigenvalue weighted by atomic mass is 16.5. The van der Waals surface area contributed by atoms with E-state index in [4.69, 9.17) is 4.74 Å². The van der Waals surface area contributed by atoms with Crippen LogP contribution in [0.4, 0.5) is 0 Å². The summed E-state index contributed by atoms with van der Waals surface area (Å²) in [4.78, 5) is 16.1. The topological polar surface area (TPSA) is 32.8 Å². The van der Waals surface area contributed by atoms with Crippen LogP contribution in [0.25, 0.3) is 10.8 Å². The Kier molecular flexibility index (Phi) is 6.28. The van der Waals surface area contributed by atoms with E-state index in [0.717, 1.165) is 45.6 Å². The Morgan fingerprint density at radius 1 is 1.00 bits per heavy atom. The number of amides is 1. The van der Waals surface area contributed by atoms with Gasteiger partial charge >= 0.3 is 0 Å². The zero-order valence-electron chi connectivity index (χ0n) is 17.0. The van der Waals surface area contributed by atoms with E-state index in [2.05, 4.69) is 47.4 Å². The molecule has 4 heteroatoms. The SMILES string of the molecule is CC(=O)N1CCN([C@H]2CCCC[C@@H]2OCCc2ccc3ccccc3c2)CC1. The summed E-state index contributed by atoms with van der Waals surface area (Å²) >= 11 is 0. The van der Waals surface area contributed by atoms with Crippen molar-refractivity contribution in [1.29, 1.82) is 0 Å². The van der Waals surface area contributed by atoms with Gasteiger partial charge in [0, 0.05) is 39.1 Å². The fourth-order valence-electron chi connectivity index (χ4n) is 4.78. The van der Waals surface area contributed by atoms with E-state index >= 15 is 0 Å². The van der Waals surface area contributed by atoms with E-state index in [1.165, 1.54) is 35.6 Å². The van der Waals surface area contributed by atoms with Gasteiger partial charge in [0.05, 0.1) is 12.7 Å². The summed E-state index contributed by atoms with van der Waals surface area (Å²) in [6.07, 6.45) is 6.24. The van der Waals surface area contributed by atoms with Crippen LogP contribution in [0.1, 0.15) is 38.2 Å². The van der Waals surface area contributed by atoms with Crippen LogP contribution in [-0.2, 0) is 16.0 Å². The summed E-state index contributed by atoms with van der Waals surface area (Å²) in [6, 6.07) is 15.8. The molecule has 2 fully saturated rings. The first-order valence-corrected chi connectivity index (χ1v) is 10.8. The number of rotatable bonds is 5. The lowest BCUT2D eigenvalue weighted by atomic mass is 9.90. The van der Waals surface area contributed by atoms with Gasteiger partial charge in [-0.2, -0.15) is 0 Å². The lowest BCUT2D eigenvalue weighted by molar-refractivity contribution is -0.131. The summed E-state index contributed by atoms with van der Waals surface area (Å²) in [6.45, 7) is 6.14. The van der Waals surface area contributed by atoms with Gasteiger partial charge in [-0.1, -0.05) is 55.3 Å². The highest BCUT2D eigenvalue weighted by Gasteiger charge is 2.33. The standard InChI is InChI=1S/C24H32N2O2/c1-19(27)25-13-15-26(16-14-25)23-8-4-5-9-24(23)28-17-12-20-10-11-21-6-2-3-7-22(21)18-20/h2-3,6-7,10-11,18,23-24H,4-5,8-9,12-17H2,1H3/t23-,24-/m0/s1. The Morgan fingerprint density at radius 3 is 2.54 bits per heavy atom. The average Bonchev–Trinajstić information content (AvgIpc) is 2.74. The van der Waals surface area contributed by atoms with Crippen LogP contribution in [0.15, 0.2) is 42.5 Å². The van der Waals surface area contributed by atoms with Crippen LogP contribution in [0.2, 0.25) is 0 Å². The number of benzene rings is 2. The Balaban J connectivity index is 1.31. The largest absolute Gasteiger partial charge is 0.376 e. The second-order valence-corrected chi connectivity index (χ2v) is 8.23. The zero-order valence-corrected chi connectivity index (χ0v) is 17.0. The highest BCUT2D eigenvalue weighted by Crippen LogP contribution is 2.27. The van der Waals surface area contributed by atoms with Gasteiger partial charge < -0.3 is 9.64 Å². The minimum absolute atomic E-state index is 0.200. The molecule has 0 radical (unpaired) electrons. The molecule has 1 amide bonds. The normalized spacial score (nSPS) is 23.8. The van der Waals surface area contributed by atoms with Crippen LogP contribution in [0, 0.1) is 0 Å². The molecular weight excluding hydrogens is 348 g/mol. The van der Waals surface area contributed by atoms with E-state index in [1.54, 1.807) is 6.92 Å². The number of fused-ring (bicyclic) bond motifs is 1. The molecule has 4 rings (SSSR count). The molecule has 2 aromatic rings. The molecule has 0 N–H and O–H groups in total. The van der Waals surface area contributed by atoms with E-state index in [9.17, 15) is 4.79 Å². The predicted octanol–water partition coefficient (Wildman–Crippen LogP) is 3.87. The van der Waals surface area contributed by atoms with Crippen LogP contribution < -0.4 is 0 Å². The number of nitrogens with zero attached hydrogens (tertiary/aromatic N) is 2. The molecule has 2 aliphatic rings. The lowest BCUT2D eigenvalue weighted by Gasteiger charge is -2.43. The van der Waals surface area contributed by atoms with Gasteiger partial charge in [0.25, 0.3) is 0 Å². The Morgan fingerprint density at radius 2 is 1.75 bits per heavy atom. The van der Waals surface area contributed by atoms with Gasteiger partial charge in [-0.05, 0) is 35.6 Å². The molecule has 150 valence electrons. The maximum Gasteiger partial charge on any atom is 0.219 e. The molecule has 1 heterocycles. The minimum Gasteiger partial charge on any atom is -0.376 e. The van der Waals surface area contributed by atoms with Gasteiger partial charge in [-0.15, -0.1) is 0 Å². The van der Waals surface area contributed by atoms with Crippen molar-refractivity contribution in [2.24, 2.45) is 0 Å². The molecule has 1 aliphatic heterocycles. The van der Waals surface area contributed by atoms with Crippen molar-refractivity contribution in [1.82, 2.24) is 9.80 Å². The summed E-state index contributed by atoms with van der Waals surface area (Å²) in [7, 11) is 0. The quantitative estimate of drug-likeness (QED) is 0.789. The number of ether oxygens (including phenoxy) is 1. The van der Waals surface area contributed by atoms with Crippen molar-refractivity contribution in [2.75, 3.05) is 32.8 Å². The number of piperazine rings is 1. The number of carbonyl (C=O) groups is 1. The third-order valence-corrected chi connectivity index (χ3v) is 6.43. The number of carbonyl (C=O) groups excluding carboxylic acids is 1. The van der Waals surface area contributed by atoms with Gasteiger partial charge in [0.2, 0.25) is 5.91 Å². The Bertz CT molecular complexity index is 798. The summed E-state index contributed by atoms with van der Waals surface area (Å²) in [5.41, 5.74) is 1.35. The third-order valence-electron chi connectivity index (χ3n) is 6.43. The summed E-state index contributed by atoms with van der Waals surface area (Å²) in [5.74, 6) is 0.200. The Hall–Kier alpha value is -1.91. The number of hydrogen-bond acceptors (Lipinski definition) is 3. The van der Waals surface area contributed by atoms with Crippen molar-refractivity contribution in [3.8, 4) is 0 Å². The molecule has 4 nitrogen and oxygen atoms in total. The molecule has 2 atom stereocenters. The Labute approximate surface area is 168 Å². The van der Waals surface area contributed by atoms with Gasteiger partial charge in [-0.25, -0.2) is 0 Å². The van der Waals surface area contributed by atoms with Gasteiger partial charge in [0.1, 0.15) is 0 Å². The maximum atomic E-state index is 11.6. The highest BCUT2D eigenvalue weighted by molar-refractivity contribution is 5.82. The molecule has 1 saturated carbocycles. The minimum atomic E-state index is 0.200. The smallest absolute Gasteiger partial charge is 0.219 e. The predicted molar refractivity (Wildman–Crippen MR) is 113 cm³/mol. The molecule has 28 heavy (non-hydrogen) atoms. The second kappa shape index (κ2) is 9.06. The molecule has 0 aromatic heterocycles. The van der Waals surface area contributed by atoms with E-state index in [0.29, 0.717) is 12.1 Å². The molecule has 0 unspecified atom stereocenters. The van der Waals surface area contributed by atoms with Gasteiger partial charge in [0.15, 0.2) is 0 Å². The first kappa shape index (κ1) is 19.4. The molecule has 0 bridgehead atoms. The zero-order chi connectivity index (χ0) is 19.3. The third kappa shape index (κ3) is 4.56. The molecule has 1 aliphatic carbocycles. The fraction of sp³-hybridized carbons (Fsp3) is 0.542. The molecular formula is C24H32N2O2. The fourth-order valence-corrected chi connectivity index (χ4v) is 4.78. The van der Waals surface area contributed by atoms with Crippen molar-refractivity contribution in [2.45, 2.75) is 51.2 Å². The van der Waals surface area contributed by atoms with Crippen molar-refractivity contribution in [3.05, 3.63) is 48.0 Å². The number of hydrogen-bond donors (Lipinski definition) is 0. The monoisotopic (exact) mass is 380 g/mol. The summed E-state index contributed by atoms with van der Waals surface area (Å²) < 4.78 is 6.42. The van der Waals surface area contributed by atoms with Gasteiger partial charge in [-0.3, -0.25) is 9.69 Å². The van der Waals surface area contributed by atoms with Crippen LogP contribution in [0.5, 0.6) is 0 Å². The van der Waals surface area contributed by atoms with Crippen molar-refractivity contribution >= 4 is 16.7 Å². The van der Waals surface area contributed by atoms with E-state index in [1.807, 2.05) is 4.90 Å². The summed E-state index contributed by atoms with van der Waals surface area (Å²) in [5, 5.41) is 2.60.